The second-order valence-corrected chi connectivity index (χ2v) is 5.37. The summed E-state index contributed by atoms with van der Waals surface area (Å²) in [6.07, 6.45) is 0. The van der Waals surface area contributed by atoms with Crippen LogP contribution in [0.1, 0.15) is 19.4 Å². The number of benzene rings is 1. The quantitative estimate of drug-likeness (QED) is 0.847. The number of nitrogens with zero attached hydrogens (tertiary/aromatic N) is 2. The molecule has 0 aliphatic carbocycles. The van der Waals surface area contributed by atoms with E-state index < -0.39 is 23.8 Å². The van der Waals surface area contributed by atoms with Gasteiger partial charge in [0.25, 0.3) is 0 Å². The first-order chi connectivity index (χ1) is 9.86. The van der Waals surface area contributed by atoms with Crippen LogP contribution in [0.25, 0.3) is 0 Å². The third-order valence-corrected chi connectivity index (χ3v) is 3.50. The van der Waals surface area contributed by atoms with Crippen LogP contribution in [0.15, 0.2) is 18.2 Å². The average molecular weight is 306 g/mol. The Morgan fingerprint density at radius 2 is 2.00 bits per heavy atom. The molecule has 1 aromatic carbocycles. The van der Waals surface area contributed by atoms with Gasteiger partial charge in [0.1, 0.15) is 5.92 Å². The van der Waals surface area contributed by atoms with Gasteiger partial charge in [0.05, 0.1) is 22.3 Å². The minimum Gasteiger partial charge on any atom is -0.277 e. The van der Waals surface area contributed by atoms with E-state index in [-0.39, 0.29) is 22.2 Å². The first kappa shape index (κ1) is 15.0. The molecule has 1 aromatic rings. The Balaban J connectivity index is 2.52. The summed E-state index contributed by atoms with van der Waals surface area (Å²) in [6, 6.07) is 5.29. The third-order valence-electron chi connectivity index (χ3n) is 3.18. The maximum atomic E-state index is 12.4. The number of barbiturate groups is 1. The van der Waals surface area contributed by atoms with Gasteiger partial charge in [-0.15, -0.1) is 0 Å². The van der Waals surface area contributed by atoms with Gasteiger partial charge in [-0.2, -0.15) is 5.26 Å². The summed E-state index contributed by atoms with van der Waals surface area (Å²) >= 11 is 6.01. The number of imide groups is 2. The van der Waals surface area contributed by atoms with Crippen LogP contribution in [-0.4, -0.2) is 17.8 Å². The first-order valence-electron chi connectivity index (χ1n) is 6.25. The highest BCUT2D eigenvalue weighted by Crippen LogP contribution is 2.31. The molecule has 7 heteroatoms. The van der Waals surface area contributed by atoms with E-state index in [1.165, 1.54) is 18.2 Å². The van der Waals surface area contributed by atoms with Crippen molar-refractivity contribution in [3.63, 3.8) is 0 Å². The number of anilines is 1. The van der Waals surface area contributed by atoms with E-state index in [0.29, 0.717) is 0 Å². The van der Waals surface area contributed by atoms with E-state index >= 15 is 0 Å². The second-order valence-electron chi connectivity index (χ2n) is 4.97. The van der Waals surface area contributed by atoms with Crippen molar-refractivity contribution in [3.05, 3.63) is 28.8 Å². The highest BCUT2D eigenvalue weighted by atomic mass is 35.5. The normalized spacial score (nSPS) is 18.7. The largest absolute Gasteiger partial charge is 0.335 e. The molecule has 0 bridgehead atoms. The van der Waals surface area contributed by atoms with Crippen LogP contribution in [0.2, 0.25) is 5.02 Å². The molecule has 2 rings (SSSR count). The number of rotatable bonds is 2. The number of hydrogen-bond donors (Lipinski definition) is 1. The maximum absolute atomic E-state index is 12.4. The van der Waals surface area contributed by atoms with Crippen LogP contribution in [0, 0.1) is 23.2 Å². The molecule has 1 aliphatic rings. The Kier molecular flexibility index (Phi) is 3.96. The van der Waals surface area contributed by atoms with Gasteiger partial charge in [-0.05, 0) is 24.1 Å². The molecule has 1 saturated heterocycles. The molecule has 0 radical (unpaired) electrons. The van der Waals surface area contributed by atoms with Gasteiger partial charge in [0, 0.05) is 0 Å². The predicted octanol–water partition coefficient (Wildman–Crippen LogP) is 2.07. The molecule has 0 saturated carbocycles. The predicted molar refractivity (Wildman–Crippen MR) is 75.5 cm³/mol. The lowest BCUT2D eigenvalue weighted by atomic mass is 9.92. The van der Waals surface area contributed by atoms with Gasteiger partial charge in [-0.1, -0.05) is 25.4 Å². The number of amides is 4. The highest BCUT2D eigenvalue weighted by molar-refractivity contribution is 6.36. The van der Waals surface area contributed by atoms with Crippen LogP contribution in [0.4, 0.5) is 10.5 Å². The molecular formula is C14H12ClN3O3. The van der Waals surface area contributed by atoms with Gasteiger partial charge >= 0.3 is 6.03 Å². The summed E-state index contributed by atoms with van der Waals surface area (Å²) in [5.74, 6) is -2.50. The van der Waals surface area contributed by atoms with Crippen LogP contribution < -0.4 is 10.2 Å². The fraction of sp³-hybridized carbons (Fsp3) is 0.286. The second kappa shape index (κ2) is 5.54. The van der Waals surface area contributed by atoms with E-state index in [0.717, 1.165) is 4.90 Å². The SMILES string of the molecule is CC(C)C1C(=O)NC(=O)N(c2cc(C#N)ccc2Cl)C1=O. The van der Waals surface area contributed by atoms with Crippen molar-refractivity contribution in [2.75, 3.05) is 4.90 Å². The van der Waals surface area contributed by atoms with Crippen molar-refractivity contribution in [2.24, 2.45) is 11.8 Å². The fourth-order valence-electron chi connectivity index (χ4n) is 2.16. The molecule has 4 amide bonds. The standard InChI is InChI=1S/C14H12ClN3O3/c1-7(2)11-12(19)17-14(21)18(13(11)20)10-5-8(6-16)3-4-9(10)15/h3-5,7,11H,1-2H3,(H,17,19,21). The Labute approximate surface area is 126 Å². The van der Waals surface area contributed by atoms with Crippen LogP contribution >= 0.6 is 11.6 Å². The monoisotopic (exact) mass is 305 g/mol. The molecule has 21 heavy (non-hydrogen) atoms. The van der Waals surface area contributed by atoms with E-state index in [9.17, 15) is 14.4 Å². The Hall–Kier alpha value is -2.39. The highest BCUT2D eigenvalue weighted by Gasteiger charge is 2.43. The van der Waals surface area contributed by atoms with E-state index in [1.54, 1.807) is 13.8 Å². The van der Waals surface area contributed by atoms with Crippen molar-refractivity contribution in [1.82, 2.24) is 5.32 Å². The minimum atomic E-state index is -0.968. The topological polar surface area (TPSA) is 90.3 Å². The van der Waals surface area contributed by atoms with Crippen LogP contribution in [0.3, 0.4) is 0 Å². The van der Waals surface area contributed by atoms with Crippen molar-refractivity contribution in [2.45, 2.75) is 13.8 Å². The molecule has 108 valence electrons. The van der Waals surface area contributed by atoms with Crippen LogP contribution in [0.5, 0.6) is 0 Å². The number of hydrogen-bond acceptors (Lipinski definition) is 4. The summed E-state index contributed by atoms with van der Waals surface area (Å²) in [7, 11) is 0. The van der Waals surface area contributed by atoms with E-state index in [1.807, 2.05) is 6.07 Å². The van der Waals surface area contributed by atoms with Gasteiger partial charge in [0.2, 0.25) is 11.8 Å². The zero-order chi connectivity index (χ0) is 15.7. The molecule has 1 fully saturated rings. The molecule has 0 aromatic heterocycles. The molecule has 1 heterocycles. The first-order valence-corrected chi connectivity index (χ1v) is 6.63. The lowest BCUT2D eigenvalue weighted by Crippen LogP contribution is -2.59. The van der Waals surface area contributed by atoms with Crippen molar-refractivity contribution in [3.8, 4) is 6.07 Å². The zero-order valence-corrected chi connectivity index (χ0v) is 12.1. The van der Waals surface area contributed by atoms with Gasteiger partial charge in [-0.25, -0.2) is 9.69 Å². The Morgan fingerprint density at radius 1 is 1.33 bits per heavy atom. The van der Waals surface area contributed by atoms with E-state index in [2.05, 4.69) is 5.32 Å². The van der Waals surface area contributed by atoms with E-state index in [4.69, 9.17) is 16.9 Å². The zero-order valence-electron chi connectivity index (χ0n) is 11.4. The fourth-order valence-corrected chi connectivity index (χ4v) is 2.36. The van der Waals surface area contributed by atoms with Gasteiger partial charge in [0.15, 0.2) is 0 Å². The van der Waals surface area contributed by atoms with Gasteiger partial charge < -0.3 is 0 Å². The Bertz CT molecular complexity index is 679. The smallest absolute Gasteiger partial charge is 0.277 e. The number of urea groups is 1. The third kappa shape index (κ3) is 2.60. The molecule has 1 N–H and O–H groups in total. The summed E-state index contributed by atoms with van der Waals surface area (Å²) in [5, 5.41) is 11.2. The summed E-state index contributed by atoms with van der Waals surface area (Å²) in [4.78, 5) is 37.0. The number of carbonyl (C=O) groups excluding carboxylic acids is 3. The van der Waals surface area contributed by atoms with Crippen molar-refractivity contribution in [1.29, 1.82) is 5.26 Å². The lowest BCUT2D eigenvalue weighted by Gasteiger charge is -2.32. The van der Waals surface area contributed by atoms with Crippen LogP contribution in [-0.2, 0) is 9.59 Å². The molecule has 6 nitrogen and oxygen atoms in total. The molecule has 1 aliphatic heterocycles. The Morgan fingerprint density at radius 3 is 2.57 bits per heavy atom. The minimum absolute atomic E-state index is 0.0939. The van der Waals surface area contributed by atoms with Crippen molar-refractivity contribution < 1.29 is 14.4 Å². The number of halogens is 1. The molecule has 1 atom stereocenters. The van der Waals surface area contributed by atoms with Gasteiger partial charge in [-0.3, -0.25) is 14.9 Å². The summed E-state index contributed by atoms with van der Waals surface area (Å²) in [5.41, 5.74) is 0.351. The molecule has 1 unspecified atom stereocenters. The maximum Gasteiger partial charge on any atom is 0.335 e. The molecule has 0 spiro atoms. The number of nitrogens with one attached hydrogen (secondary N) is 1. The molecular weight excluding hydrogens is 294 g/mol. The average Bonchev–Trinajstić information content (AvgIpc) is 2.39. The summed E-state index contributed by atoms with van der Waals surface area (Å²) in [6.45, 7) is 3.42. The number of carbonyl (C=O) groups is 3. The number of nitriles is 1. The summed E-state index contributed by atoms with van der Waals surface area (Å²) < 4.78 is 0. The lowest BCUT2D eigenvalue weighted by molar-refractivity contribution is -0.136. The van der Waals surface area contributed by atoms with Crippen molar-refractivity contribution >= 4 is 35.1 Å².